The highest BCUT2D eigenvalue weighted by molar-refractivity contribution is 7.91. The minimum Gasteiger partial charge on any atom is -0.349 e. The van der Waals surface area contributed by atoms with Gasteiger partial charge in [-0.25, -0.2) is 8.42 Å². The summed E-state index contributed by atoms with van der Waals surface area (Å²) in [6, 6.07) is 0. The Bertz CT molecular complexity index is 463. The molecule has 2 aliphatic rings. The highest BCUT2D eigenvalue weighted by Gasteiger charge is 2.45. The highest BCUT2D eigenvalue weighted by Crippen LogP contribution is 2.35. The second kappa shape index (κ2) is 5.64. The summed E-state index contributed by atoms with van der Waals surface area (Å²) in [5.74, 6) is 0.318. The van der Waals surface area contributed by atoms with Crippen LogP contribution in [0.25, 0.3) is 0 Å². The first-order chi connectivity index (χ1) is 9.31. The van der Waals surface area contributed by atoms with Gasteiger partial charge in [0.2, 0.25) is 5.91 Å². The molecule has 1 atom stereocenters. The van der Waals surface area contributed by atoms with Gasteiger partial charge in [-0.15, -0.1) is 0 Å². The first kappa shape index (κ1) is 15.8. The maximum Gasteiger partial charge on any atom is 0.226 e. The van der Waals surface area contributed by atoms with Crippen molar-refractivity contribution in [2.24, 2.45) is 5.41 Å². The van der Waals surface area contributed by atoms with Gasteiger partial charge in [0.25, 0.3) is 0 Å². The zero-order valence-electron chi connectivity index (χ0n) is 12.5. The van der Waals surface area contributed by atoms with Crippen molar-refractivity contribution in [2.45, 2.75) is 51.5 Å². The van der Waals surface area contributed by atoms with Crippen LogP contribution in [-0.4, -0.2) is 44.5 Å². The molecule has 0 aliphatic carbocycles. The number of carbonyl (C=O) groups is 1. The fourth-order valence-corrected chi connectivity index (χ4v) is 5.58. The zero-order chi connectivity index (χ0) is 14.9. The number of hydrogen-bond donors (Lipinski definition) is 2. The Balaban J connectivity index is 2.09. The number of carbonyl (C=O) groups excluding carboxylic acids is 1. The maximum atomic E-state index is 12.7. The van der Waals surface area contributed by atoms with Gasteiger partial charge in [-0.2, -0.15) is 0 Å². The molecular weight excluding hydrogens is 276 g/mol. The Kier molecular flexibility index (Phi) is 4.44. The molecule has 2 heterocycles. The molecule has 0 saturated carbocycles. The van der Waals surface area contributed by atoms with Crippen LogP contribution in [0, 0.1) is 5.41 Å². The van der Waals surface area contributed by atoms with Crippen LogP contribution < -0.4 is 10.6 Å². The quantitative estimate of drug-likeness (QED) is 0.807. The second-order valence-electron chi connectivity index (χ2n) is 6.64. The number of nitrogens with one attached hydrogen (secondary N) is 2. The third-order valence-corrected chi connectivity index (χ3v) is 6.59. The normalized spacial score (nSPS) is 31.9. The van der Waals surface area contributed by atoms with Gasteiger partial charge >= 0.3 is 0 Å². The molecular formula is C14H26N2O3S. The summed E-state index contributed by atoms with van der Waals surface area (Å²) in [6.07, 6.45) is 4.07. The van der Waals surface area contributed by atoms with Crippen LogP contribution in [0.2, 0.25) is 0 Å². The van der Waals surface area contributed by atoms with Crippen LogP contribution in [0.4, 0.5) is 0 Å². The van der Waals surface area contributed by atoms with Gasteiger partial charge in [0.1, 0.15) is 0 Å². The molecule has 0 aromatic rings. The summed E-state index contributed by atoms with van der Waals surface area (Å²) in [6.45, 7) is 5.68. The van der Waals surface area contributed by atoms with Crippen molar-refractivity contribution in [1.29, 1.82) is 0 Å². The molecule has 0 aromatic carbocycles. The van der Waals surface area contributed by atoms with E-state index in [-0.39, 0.29) is 22.8 Å². The Hall–Kier alpha value is -0.620. The SMILES string of the molecule is CCCC1(C(=O)NC2(C)CCS(=O)(=O)C2)CCNCC1. The summed E-state index contributed by atoms with van der Waals surface area (Å²) in [7, 11) is -2.99. The van der Waals surface area contributed by atoms with Crippen molar-refractivity contribution in [3.05, 3.63) is 0 Å². The molecule has 2 N–H and O–H groups in total. The fraction of sp³-hybridized carbons (Fsp3) is 0.929. The molecule has 2 saturated heterocycles. The Morgan fingerprint density at radius 1 is 1.25 bits per heavy atom. The number of piperidine rings is 1. The first-order valence-electron chi connectivity index (χ1n) is 7.55. The van der Waals surface area contributed by atoms with Crippen molar-refractivity contribution in [3.63, 3.8) is 0 Å². The molecule has 0 aromatic heterocycles. The third-order valence-electron chi connectivity index (χ3n) is 4.69. The van der Waals surface area contributed by atoms with Gasteiger partial charge in [-0.05, 0) is 45.7 Å². The van der Waals surface area contributed by atoms with Gasteiger partial charge in [0.15, 0.2) is 9.84 Å². The minimum absolute atomic E-state index is 0.0560. The second-order valence-corrected chi connectivity index (χ2v) is 8.82. The van der Waals surface area contributed by atoms with E-state index in [9.17, 15) is 13.2 Å². The monoisotopic (exact) mass is 302 g/mol. The van der Waals surface area contributed by atoms with Crippen LogP contribution in [0.1, 0.15) is 46.0 Å². The first-order valence-corrected chi connectivity index (χ1v) is 9.37. The molecule has 2 rings (SSSR count). The predicted octanol–water partition coefficient (Wildman–Crippen LogP) is 0.850. The van der Waals surface area contributed by atoms with E-state index in [0.29, 0.717) is 6.42 Å². The van der Waals surface area contributed by atoms with E-state index >= 15 is 0 Å². The van der Waals surface area contributed by atoms with Crippen molar-refractivity contribution in [3.8, 4) is 0 Å². The minimum atomic E-state index is -2.99. The van der Waals surface area contributed by atoms with Crippen LogP contribution in [0.5, 0.6) is 0 Å². The van der Waals surface area contributed by atoms with E-state index < -0.39 is 15.4 Å². The van der Waals surface area contributed by atoms with Crippen molar-refractivity contribution >= 4 is 15.7 Å². The van der Waals surface area contributed by atoms with Gasteiger partial charge < -0.3 is 10.6 Å². The Labute approximate surface area is 121 Å². The lowest BCUT2D eigenvalue weighted by Gasteiger charge is -2.39. The number of sulfone groups is 1. The Morgan fingerprint density at radius 2 is 1.90 bits per heavy atom. The molecule has 2 aliphatic heterocycles. The average Bonchev–Trinajstić information content (AvgIpc) is 2.65. The smallest absolute Gasteiger partial charge is 0.226 e. The summed E-state index contributed by atoms with van der Waals surface area (Å²) in [5.41, 5.74) is -0.892. The van der Waals surface area contributed by atoms with Gasteiger partial charge in [-0.1, -0.05) is 13.3 Å². The van der Waals surface area contributed by atoms with Crippen molar-refractivity contribution in [2.75, 3.05) is 24.6 Å². The molecule has 5 nitrogen and oxygen atoms in total. The fourth-order valence-electron chi connectivity index (χ4n) is 3.49. The largest absolute Gasteiger partial charge is 0.349 e. The summed E-state index contributed by atoms with van der Waals surface area (Å²) >= 11 is 0. The molecule has 1 unspecified atom stereocenters. The molecule has 0 spiro atoms. The molecule has 20 heavy (non-hydrogen) atoms. The molecule has 2 fully saturated rings. The van der Waals surface area contributed by atoms with E-state index in [1.54, 1.807) is 0 Å². The Morgan fingerprint density at radius 3 is 2.40 bits per heavy atom. The van der Waals surface area contributed by atoms with Crippen molar-refractivity contribution in [1.82, 2.24) is 10.6 Å². The van der Waals surface area contributed by atoms with E-state index in [2.05, 4.69) is 17.6 Å². The average molecular weight is 302 g/mol. The third kappa shape index (κ3) is 3.34. The molecule has 0 bridgehead atoms. The number of amides is 1. The molecule has 6 heteroatoms. The van der Waals surface area contributed by atoms with Gasteiger partial charge in [0.05, 0.1) is 22.5 Å². The highest BCUT2D eigenvalue weighted by atomic mass is 32.2. The van der Waals surface area contributed by atoms with Crippen molar-refractivity contribution < 1.29 is 13.2 Å². The maximum absolute atomic E-state index is 12.7. The van der Waals surface area contributed by atoms with Gasteiger partial charge in [-0.3, -0.25) is 4.79 Å². The van der Waals surface area contributed by atoms with E-state index in [1.165, 1.54) is 0 Å². The standard InChI is InChI=1S/C14H26N2O3S/c1-3-4-14(5-8-15-9-6-14)12(17)16-13(2)7-10-20(18,19)11-13/h15H,3-11H2,1-2H3,(H,16,17). The summed E-state index contributed by atoms with van der Waals surface area (Å²) in [5, 5.41) is 6.35. The summed E-state index contributed by atoms with van der Waals surface area (Å²) < 4.78 is 23.3. The van der Waals surface area contributed by atoms with Gasteiger partial charge in [0, 0.05) is 0 Å². The zero-order valence-corrected chi connectivity index (χ0v) is 13.3. The molecule has 0 radical (unpaired) electrons. The number of rotatable bonds is 4. The van der Waals surface area contributed by atoms with Crippen LogP contribution >= 0.6 is 0 Å². The summed E-state index contributed by atoms with van der Waals surface area (Å²) in [4.78, 5) is 12.7. The number of hydrogen-bond acceptors (Lipinski definition) is 4. The lowest BCUT2D eigenvalue weighted by atomic mass is 9.74. The van der Waals surface area contributed by atoms with Crippen LogP contribution in [0.15, 0.2) is 0 Å². The predicted molar refractivity (Wildman–Crippen MR) is 79.3 cm³/mol. The van der Waals surface area contributed by atoms with E-state index in [1.807, 2.05) is 6.92 Å². The molecule has 116 valence electrons. The lowest BCUT2D eigenvalue weighted by Crippen LogP contribution is -2.55. The van der Waals surface area contributed by atoms with Crippen LogP contribution in [-0.2, 0) is 14.6 Å². The lowest BCUT2D eigenvalue weighted by molar-refractivity contribution is -0.134. The topological polar surface area (TPSA) is 75.3 Å². The van der Waals surface area contributed by atoms with E-state index in [0.717, 1.165) is 38.8 Å². The molecule has 1 amide bonds. The van der Waals surface area contributed by atoms with E-state index in [4.69, 9.17) is 0 Å². The van der Waals surface area contributed by atoms with Crippen LogP contribution in [0.3, 0.4) is 0 Å².